The number of aromatic nitrogens is 3. The minimum atomic E-state index is 0.557. The maximum Gasteiger partial charge on any atom is 0.238 e. The average molecular weight is 742 g/mol. The Morgan fingerprint density at radius 1 is 0.328 bits per heavy atom. The van der Waals surface area contributed by atoms with Gasteiger partial charge in [0.25, 0.3) is 0 Å². The van der Waals surface area contributed by atoms with Gasteiger partial charge in [-0.1, -0.05) is 164 Å². The molecule has 0 unspecified atom stereocenters. The van der Waals surface area contributed by atoms with Gasteiger partial charge in [0.1, 0.15) is 5.58 Å². The topological polar surface area (TPSA) is 43.9 Å². The molecule has 0 amide bonds. The molecular formula is C54H35N3O. The highest BCUT2D eigenvalue weighted by molar-refractivity contribution is 6.20. The molecule has 0 spiro atoms. The van der Waals surface area contributed by atoms with E-state index in [1.54, 1.807) is 0 Å². The second-order valence-corrected chi connectivity index (χ2v) is 14.6. The SMILES string of the molecule is c1ccc(-c2cc(-c3ccccc3)cc(-c3cccc(-c4ccc5c(c4)c4c6ccccc6oc4n5-c4nc(-c5ccccc5)cc(-c5ccccc5)n4)c3)c2)cc1. The number of para-hydroxylation sites is 1. The molecule has 0 N–H and O–H groups in total. The Bertz CT molecular complexity index is 3140. The zero-order chi connectivity index (χ0) is 38.4. The van der Waals surface area contributed by atoms with Crippen molar-refractivity contribution in [3.63, 3.8) is 0 Å². The van der Waals surface area contributed by atoms with Crippen LogP contribution in [0.25, 0.3) is 106 Å². The second kappa shape index (κ2) is 14.0. The highest BCUT2D eigenvalue weighted by Crippen LogP contribution is 2.41. The first-order valence-corrected chi connectivity index (χ1v) is 19.6. The van der Waals surface area contributed by atoms with E-state index in [4.69, 9.17) is 14.4 Å². The van der Waals surface area contributed by atoms with Gasteiger partial charge in [0, 0.05) is 21.9 Å². The van der Waals surface area contributed by atoms with E-state index in [2.05, 4.69) is 168 Å². The van der Waals surface area contributed by atoms with E-state index >= 15 is 0 Å². The van der Waals surface area contributed by atoms with Crippen LogP contribution in [0.1, 0.15) is 0 Å². The molecule has 58 heavy (non-hydrogen) atoms. The number of nitrogens with zero attached hydrogens (tertiary/aromatic N) is 3. The summed E-state index contributed by atoms with van der Waals surface area (Å²) in [4.78, 5) is 10.4. The molecule has 4 heteroatoms. The number of furan rings is 1. The number of benzene rings is 8. The largest absolute Gasteiger partial charge is 0.439 e. The Labute approximate surface area is 336 Å². The minimum absolute atomic E-state index is 0.557. The second-order valence-electron chi connectivity index (χ2n) is 14.6. The van der Waals surface area contributed by atoms with Gasteiger partial charge >= 0.3 is 0 Å². The quantitative estimate of drug-likeness (QED) is 0.163. The molecule has 0 saturated heterocycles. The van der Waals surface area contributed by atoms with Gasteiger partial charge < -0.3 is 4.42 Å². The lowest BCUT2D eigenvalue weighted by molar-refractivity contribution is 0.641. The summed E-state index contributed by atoms with van der Waals surface area (Å²) in [6.45, 7) is 0. The van der Waals surface area contributed by atoms with Crippen molar-refractivity contribution in [2.24, 2.45) is 0 Å². The summed E-state index contributed by atoms with van der Waals surface area (Å²) in [6, 6.07) is 74.6. The van der Waals surface area contributed by atoms with Gasteiger partial charge in [-0.25, -0.2) is 14.5 Å². The average Bonchev–Trinajstić information content (AvgIpc) is 3.84. The monoisotopic (exact) mass is 741 g/mol. The standard InChI is InChI=1S/C54H35N3O/c1-5-16-36(17-6-1)43-31-44(37-18-7-2-8-19-37)33-45(32-43)41-25-15-24-40(30-41)42-28-29-50-47(34-42)52-46-26-13-14-27-51(46)58-53(52)57(50)54-55-48(38-20-9-3-10-21-38)35-49(56-54)39-22-11-4-12-23-39/h1-35H. The Hall–Kier alpha value is -7.82. The lowest BCUT2D eigenvalue weighted by atomic mass is 9.92. The van der Waals surface area contributed by atoms with Gasteiger partial charge in [0.05, 0.1) is 22.3 Å². The van der Waals surface area contributed by atoms with Crippen LogP contribution in [0.3, 0.4) is 0 Å². The molecule has 272 valence electrons. The van der Waals surface area contributed by atoms with Crippen molar-refractivity contribution in [1.29, 1.82) is 0 Å². The van der Waals surface area contributed by atoms with Crippen molar-refractivity contribution in [2.45, 2.75) is 0 Å². The third kappa shape index (κ3) is 5.96. The Morgan fingerprint density at radius 3 is 1.36 bits per heavy atom. The first-order valence-electron chi connectivity index (χ1n) is 19.6. The number of hydrogen-bond donors (Lipinski definition) is 0. The van der Waals surface area contributed by atoms with Crippen LogP contribution in [-0.4, -0.2) is 14.5 Å². The Kier molecular flexibility index (Phi) is 8.11. The molecule has 11 rings (SSSR count). The fraction of sp³-hybridized carbons (Fsp3) is 0. The molecule has 0 aliphatic carbocycles. The van der Waals surface area contributed by atoms with E-state index < -0.39 is 0 Å². The van der Waals surface area contributed by atoms with Crippen LogP contribution < -0.4 is 0 Å². The zero-order valence-electron chi connectivity index (χ0n) is 31.5. The first kappa shape index (κ1) is 33.5. The molecule has 0 bridgehead atoms. The summed E-state index contributed by atoms with van der Waals surface area (Å²) in [7, 11) is 0. The number of fused-ring (bicyclic) bond motifs is 5. The van der Waals surface area contributed by atoms with Crippen molar-refractivity contribution in [2.75, 3.05) is 0 Å². The summed E-state index contributed by atoms with van der Waals surface area (Å²) in [5, 5.41) is 3.18. The van der Waals surface area contributed by atoms with Crippen LogP contribution in [-0.2, 0) is 0 Å². The normalized spacial score (nSPS) is 11.4. The highest BCUT2D eigenvalue weighted by Gasteiger charge is 2.23. The fourth-order valence-electron chi connectivity index (χ4n) is 8.18. The van der Waals surface area contributed by atoms with E-state index in [1.165, 1.54) is 27.8 Å². The zero-order valence-corrected chi connectivity index (χ0v) is 31.5. The summed E-state index contributed by atoms with van der Waals surface area (Å²) in [5.41, 5.74) is 15.6. The van der Waals surface area contributed by atoms with E-state index in [9.17, 15) is 0 Å². The fourth-order valence-corrected chi connectivity index (χ4v) is 8.18. The van der Waals surface area contributed by atoms with Crippen LogP contribution >= 0.6 is 0 Å². The molecule has 0 radical (unpaired) electrons. The van der Waals surface area contributed by atoms with Crippen molar-refractivity contribution in [3.05, 3.63) is 212 Å². The van der Waals surface area contributed by atoms with Crippen LogP contribution in [0, 0.1) is 0 Å². The van der Waals surface area contributed by atoms with Crippen molar-refractivity contribution >= 4 is 33.0 Å². The van der Waals surface area contributed by atoms with Gasteiger partial charge in [-0.2, -0.15) is 0 Å². The summed E-state index contributed by atoms with van der Waals surface area (Å²) in [6.07, 6.45) is 0. The molecule has 8 aromatic carbocycles. The lowest BCUT2D eigenvalue weighted by Crippen LogP contribution is -2.03. The third-order valence-electron chi connectivity index (χ3n) is 11.0. The third-order valence-corrected chi connectivity index (χ3v) is 11.0. The molecule has 4 nitrogen and oxygen atoms in total. The van der Waals surface area contributed by atoms with Gasteiger partial charge in [0.15, 0.2) is 0 Å². The molecule has 3 heterocycles. The molecule has 3 aromatic heterocycles. The van der Waals surface area contributed by atoms with Crippen molar-refractivity contribution in [3.8, 4) is 73.0 Å². The number of rotatable bonds is 7. The van der Waals surface area contributed by atoms with Gasteiger partial charge in [-0.05, 0) is 93.0 Å². The van der Waals surface area contributed by atoms with Crippen LogP contribution in [0.15, 0.2) is 217 Å². The molecule has 0 aliphatic rings. The van der Waals surface area contributed by atoms with Gasteiger partial charge in [0.2, 0.25) is 11.7 Å². The molecule has 0 fully saturated rings. The van der Waals surface area contributed by atoms with E-state index in [0.29, 0.717) is 5.95 Å². The summed E-state index contributed by atoms with van der Waals surface area (Å²) >= 11 is 0. The van der Waals surface area contributed by atoms with Crippen LogP contribution in [0.5, 0.6) is 0 Å². The van der Waals surface area contributed by atoms with E-state index in [1.807, 2.05) is 48.5 Å². The van der Waals surface area contributed by atoms with Crippen molar-refractivity contribution < 1.29 is 4.42 Å². The lowest BCUT2D eigenvalue weighted by Gasteiger charge is -2.13. The molecular weight excluding hydrogens is 707 g/mol. The van der Waals surface area contributed by atoms with Crippen LogP contribution in [0.2, 0.25) is 0 Å². The van der Waals surface area contributed by atoms with Crippen LogP contribution in [0.4, 0.5) is 0 Å². The maximum atomic E-state index is 6.71. The molecule has 11 aromatic rings. The Balaban J connectivity index is 1.09. The van der Waals surface area contributed by atoms with Gasteiger partial charge in [-0.15, -0.1) is 0 Å². The predicted octanol–water partition coefficient (Wildman–Crippen LogP) is 14.3. The molecule has 0 saturated carbocycles. The summed E-state index contributed by atoms with van der Waals surface area (Å²) < 4.78 is 8.80. The summed E-state index contributed by atoms with van der Waals surface area (Å²) in [5.74, 6) is 0.557. The van der Waals surface area contributed by atoms with E-state index in [-0.39, 0.29) is 0 Å². The molecule has 0 atom stereocenters. The number of hydrogen-bond acceptors (Lipinski definition) is 3. The van der Waals surface area contributed by atoms with Crippen molar-refractivity contribution in [1.82, 2.24) is 14.5 Å². The highest BCUT2D eigenvalue weighted by atomic mass is 16.3. The smallest absolute Gasteiger partial charge is 0.238 e. The maximum absolute atomic E-state index is 6.71. The molecule has 0 aliphatic heterocycles. The Morgan fingerprint density at radius 2 is 0.776 bits per heavy atom. The van der Waals surface area contributed by atoms with E-state index in [0.717, 1.165) is 72.2 Å². The van der Waals surface area contributed by atoms with Gasteiger partial charge in [-0.3, -0.25) is 0 Å². The predicted molar refractivity (Wildman–Crippen MR) is 239 cm³/mol. The first-order chi connectivity index (χ1) is 28.7. The minimum Gasteiger partial charge on any atom is -0.439 e.